The Morgan fingerprint density at radius 3 is 2.75 bits per heavy atom. The Morgan fingerprint density at radius 2 is 1.96 bits per heavy atom. The predicted octanol–water partition coefficient (Wildman–Crippen LogP) is 5.18. The van der Waals surface area contributed by atoms with Crippen molar-refractivity contribution in [1.82, 2.24) is 14.7 Å². The minimum atomic E-state index is -0.0765. The quantitative estimate of drug-likeness (QED) is 0.249. The maximum absolute atomic E-state index is 12.8. The fourth-order valence-electron chi connectivity index (χ4n) is 2.82. The third-order valence-electron chi connectivity index (χ3n) is 4.18. The molecule has 2 aromatic carbocycles. The molecular weight excluding hydrogens is 394 g/mol. The Morgan fingerprint density at radius 1 is 1.18 bits per heavy atom. The van der Waals surface area contributed by atoms with Crippen LogP contribution in [0.4, 0.5) is 0 Å². The van der Waals surface area contributed by atoms with Crippen LogP contribution < -0.4 is 5.56 Å². The number of hydrogen-bond acceptors (Lipinski definition) is 5. The van der Waals surface area contributed by atoms with E-state index < -0.39 is 0 Å². The second kappa shape index (κ2) is 8.04. The Bertz CT molecular complexity index is 1200. The molecule has 0 spiro atoms. The van der Waals surface area contributed by atoms with E-state index in [4.69, 9.17) is 16.1 Å². The molecule has 7 heteroatoms. The van der Waals surface area contributed by atoms with Crippen LogP contribution in [0.25, 0.3) is 22.2 Å². The summed E-state index contributed by atoms with van der Waals surface area (Å²) < 4.78 is 7.07. The first kappa shape index (κ1) is 18.5. The summed E-state index contributed by atoms with van der Waals surface area (Å²) in [6, 6.07) is 16.6. The van der Waals surface area contributed by atoms with Crippen LogP contribution in [-0.4, -0.2) is 14.7 Å². The summed E-state index contributed by atoms with van der Waals surface area (Å²) >= 11 is 7.36. The number of para-hydroxylation sites is 1. The van der Waals surface area contributed by atoms with E-state index in [9.17, 15) is 4.79 Å². The lowest BCUT2D eigenvalue weighted by Gasteiger charge is -2.10. The maximum atomic E-state index is 12.8. The summed E-state index contributed by atoms with van der Waals surface area (Å²) in [5.41, 5.74) is 2.26. The van der Waals surface area contributed by atoms with Crippen molar-refractivity contribution >= 4 is 34.3 Å². The van der Waals surface area contributed by atoms with Gasteiger partial charge in [-0.1, -0.05) is 58.9 Å². The molecule has 0 saturated carbocycles. The Balaban J connectivity index is 1.60. The molecule has 4 rings (SSSR count). The molecule has 5 nitrogen and oxygen atoms in total. The van der Waals surface area contributed by atoms with Crippen LogP contribution in [0, 0.1) is 0 Å². The van der Waals surface area contributed by atoms with Crippen molar-refractivity contribution in [2.75, 3.05) is 0 Å². The van der Waals surface area contributed by atoms with Crippen LogP contribution in [0.15, 0.2) is 81.7 Å². The van der Waals surface area contributed by atoms with Crippen molar-refractivity contribution in [3.05, 3.63) is 88.4 Å². The average molecular weight is 410 g/mol. The number of benzene rings is 2. The fourth-order valence-corrected chi connectivity index (χ4v) is 3.83. The minimum Gasteiger partial charge on any atom is -0.360 e. The van der Waals surface area contributed by atoms with Gasteiger partial charge in [0.05, 0.1) is 16.7 Å². The standard InChI is InChI=1S/C21H16ClN3O2S/c1-2-11-25-20(26)17-5-3-4-6-18(17)23-21(25)28-13-16-12-19(24-27-16)14-7-9-15(22)10-8-14/h2-10,12H,1,11,13H2. The van der Waals surface area contributed by atoms with E-state index in [0.29, 0.717) is 39.1 Å². The van der Waals surface area contributed by atoms with Gasteiger partial charge in [-0.2, -0.15) is 0 Å². The molecule has 0 N–H and O–H groups in total. The van der Waals surface area contributed by atoms with Crippen LogP contribution in [0.1, 0.15) is 5.76 Å². The molecule has 0 unspecified atom stereocenters. The zero-order valence-corrected chi connectivity index (χ0v) is 16.4. The highest BCUT2D eigenvalue weighted by atomic mass is 35.5. The summed E-state index contributed by atoms with van der Waals surface area (Å²) in [5.74, 6) is 1.20. The van der Waals surface area contributed by atoms with Crippen molar-refractivity contribution < 1.29 is 4.52 Å². The summed E-state index contributed by atoms with van der Waals surface area (Å²) in [7, 11) is 0. The van der Waals surface area contributed by atoms with Crippen molar-refractivity contribution in [1.29, 1.82) is 0 Å². The number of fused-ring (bicyclic) bond motifs is 1. The van der Waals surface area contributed by atoms with Crippen molar-refractivity contribution in [3.63, 3.8) is 0 Å². The molecule has 0 amide bonds. The van der Waals surface area contributed by atoms with Gasteiger partial charge < -0.3 is 4.52 Å². The first-order chi connectivity index (χ1) is 13.7. The molecule has 0 aliphatic heterocycles. The van der Waals surface area contributed by atoms with E-state index in [0.717, 1.165) is 11.3 Å². The molecule has 28 heavy (non-hydrogen) atoms. The van der Waals surface area contributed by atoms with Gasteiger partial charge in [-0.15, -0.1) is 6.58 Å². The molecule has 0 atom stereocenters. The van der Waals surface area contributed by atoms with Crippen LogP contribution >= 0.6 is 23.4 Å². The Hall–Kier alpha value is -2.83. The monoisotopic (exact) mass is 409 g/mol. The molecule has 0 aliphatic carbocycles. The molecule has 0 fully saturated rings. The molecule has 0 aliphatic rings. The van der Waals surface area contributed by atoms with Gasteiger partial charge in [-0.3, -0.25) is 9.36 Å². The second-order valence-corrected chi connectivity index (χ2v) is 7.47. The molecular formula is C21H16ClN3O2S. The van der Waals surface area contributed by atoms with Gasteiger partial charge in [0, 0.05) is 23.2 Å². The third-order valence-corrected chi connectivity index (χ3v) is 5.43. The van der Waals surface area contributed by atoms with Crippen LogP contribution in [0.5, 0.6) is 0 Å². The zero-order valence-electron chi connectivity index (χ0n) is 14.8. The number of rotatable bonds is 6. The first-order valence-corrected chi connectivity index (χ1v) is 9.97. The normalized spacial score (nSPS) is 11.0. The summed E-state index contributed by atoms with van der Waals surface area (Å²) in [6.07, 6.45) is 1.69. The molecule has 0 radical (unpaired) electrons. The third kappa shape index (κ3) is 3.74. The molecule has 2 heterocycles. The van der Waals surface area contributed by atoms with Crippen molar-refractivity contribution in [2.45, 2.75) is 17.5 Å². The number of nitrogens with zero attached hydrogens (tertiary/aromatic N) is 3. The smallest absolute Gasteiger partial charge is 0.262 e. The molecule has 0 saturated heterocycles. The number of halogens is 1. The number of hydrogen-bond donors (Lipinski definition) is 0. The van der Waals surface area contributed by atoms with E-state index in [-0.39, 0.29) is 5.56 Å². The van der Waals surface area contributed by atoms with E-state index in [1.165, 1.54) is 11.8 Å². The highest BCUT2D eigenvalue weighted by molar-refractivity contribution is 7.98. The predicted molar refractivity (Wildman–Crippen MR) is 113 cm³/mol. The second-order valence-electron chi connectivity index (χ2n) is 6.09. The number of aromatic nitrogens is 3. The van der Waals surface area contributed by atoms with Gasteiger partial charge in [-0.05, 0) is 24.3 Å². The average Bonchev–Trinajstić information content (AvgIpc) is 3.18. The van der Waals surface area contributed by atoms with Gasteiger partial charge in [0.25, 0.3) is 5.56 Å². The highest BCUT2D eigenvalue weighted by Crippen LogP contribution is 2.26. The first-order valence-electron chi connectivity index (χ1n) is 8.60. The summed E-state index contributed by atoms with van der Waals surface area (Å²) in [5, 5.41) is 6.00. The van der Waals surface area contributed by atoms with Crippen molar-refractivity contribution in [3.8, 4) is 11.3 Å². The molecule has 4 aromatic rings. The van der Waals surface area contributed by atoms with E-state index in [1.807, 2.05) is 48.5 Å². The highest BCUT2D eigenvalue weighted by Gasteiger charge is 2.13. The van der Waals surface area contributed by atoms with E-state index in [1.54, 1.807) is 16.7 Å². The zero-order chi connectivity index (χ0) is 19.5. The molecule has 0 bridgehead atoms. The van der Waals surface area contributed by atoms with Crippen molar-refractivity contribution in [2.24, 2.45) is 0 Å². The minimum absolute atomic E-state index is 0.0765. The number of thioether (sulfide) groups is 1. The van der Waals surface area contributed by atoms with Crippen LogP contribution in [0.3, 0.4) is 0 Å². The number of allylic oxidation sites excluding steroid dienone is 1. The summed E-state index contributed by atoms with van der Waals surface area (Å²) in [4.78, 5) is 17.4. The van der Waals surface area contributed by atoms with Gasteiger partial charge in [0.2, 0.25) is 0 Å². The lowest BCUT2D eigenvalue weighted by molar-refractivity contribution is 0.397. The lowest BCUT2D eigenvalue weighted by atomic mass is 10.1. The largest absolute Gasteiger partial charge is 0.360 e. The van der Waals surface area contributed by atoms with Gasteiger partial charge in [0.15, 0.2) is 5.16 Å². The van der Waals surface area contributed by atoms with Gasteiger partial charge >= 0.3 is 0 Å². The molecule has 140 valence electrons. The van der Waals surface area contributed by atoms with Crippen LogP contribution in [0.2, 0.25) is 5.02 Å². The Kier molecular flexibility index (Phi) is 5.32. The topological polar surface area (TPSA) is 60.9 Å². The SMILES string of the molecule is C=CCn1c(SCc2cc(-c3ccc(Cl)cc3)no2)nc2ccccc2c1=O. The Labute approximate surface area is 170 Å². The van der Waals surface area contributed by atoms with Crippen LogP contribution in [-0.2, 0) is 12.3 Å². The summed E-state index contributed by atoms with van der Waals surface area (Å²) in [6.45, 7) is 4.14. The lowest BCUT2D eigenvalue weighted by Crippen LogP contribution is -2.22. The van der Waals surface area contributed by atoms with E-state index in [2.05, 4.69) is 16.7 Å². The maximum Gasteiger partial charge on any atom is 0.262 e. The molecule has 2 aromatic heterocycles. The fraction of sp³-hybridized carbons (Fsp3) is 0.0952. The van der Waals surface area contributed by atoms with Gasteiger partial charge in [-0.25, -0.2) is 4.98 Å². The van der Waals surface area contributed by atoms with E-state index >= 15 is 0 Å². The van der Waals surface area contributed by atoms with Gasteiger partial charge in [0.1, 0.15) is 11.5 Å².